The topological polar surface area (TPSA) is 31.4 Å². The first-order chi connectivity index (χ1) is 9.04. The van der Waals surface area contributed by atoms with Gasteiger partial charge in [0.1, 0.15) is 17.0 Å². The van der Waals surface area contributed by atoms with Gasteiger partial charge < -0.3 is 9.47 Å². The fourth-order valence-electron chi connectivity index (χ4n) is 2.17. The lowest BCUT2D eigenvalue weighted by atomic mass is 10.1. The monoisotopic (exact) mass is 299 g/mol. The molecule has 0 saturated carbocycles. The van der Waals surface area contributed by atoms with Crippen molar-refractivity contribution in [3.05, 3.63) is 27.4 Å². The molecule has 0 radical (unpaired) electrons. The smallest absolute Gasteiger partial charge is 0.148 e. The van der Waals surface area contributed by atoms with E-state index in [1.54, 1.807) is 20.3 Å². The number of hydrogen-bond acceptors (Lipinski definition) is 3. The highest BCUT2D eigenvalue weighted by molar-refractivity contribution is 6.43. The second kappa shape index (κ2) is 5.43. The van der Waals surface area contributed by atoms with Crippen LogP contribution < -0.4 is 9.47 Å². The van der Waals surface area contributed by atoms with Crippen molar-refractivity contribution in [3.63, 3.8) is 0 Å². The highest BCUT2D eigenvalue weighted by atomic mass is 35.5. The molecule has 0 atom stereocenters. The van der Waals surface area contributed by atoms with Crippen molar-refractivity contribution >= 4 is 34.1 Å². The number of nitrogens with zero attached hydrogens (tertiary/aromatic N) is 1. The van der Waals surface area contributed by atoms with Gasteiger partial charge in [-0.15, -0.1) is 0 Å². The number of fused-ring (bicyclic) bond motifs is 1. The predicted octanol–water partition coefficient (Wildman–Crippen LogP) is 4.43. The predicted molar refractivity (Wildman–Crippen MR) is 79.0 cm³/mol. The first-order valence-corrected chi connectivity index (χ1v) is 6.69. The third-order valence-corrected chi connectivity index (χ3v) is 3.95. The zero-order valence-corrected chi connectivity index (χ0v) is 12.8. The van der Waals surface area contributed by atoms with Crippen molar-refractivity contribution in [2.75, 3.05) is 14.2 Å². The highest BCUT2D eigenvalue weighted by Gasteiger charge is 2.19. The van der Waals surface area contributed by atoms with E-state index in [0.717, 1.165) is 17.7 Å². The molecule has 102 valence electrons. The first-order valence-electron chi connectivity index (χ1n) is 5.94. The van der Waals surface area contributed by atoms with Crippen molar-refractivity contribution < 1.29 is 9.47 Å². The van der Waals surface area contributed by atoms with Gasteiger partial charge in [-0.2, -0.15) is 0 Å². The Morgan fingerprint density at radius 1 is 1.11 bits per heavy atom. The summed E-state index contributed by atoms with van der Waals surface area (Å²) in [5.74, 6) is 1.13. The summed E-state index contributed by atoms with van der Waals surface area (Å²) in [5, 5.41) is 1.76. The molecule has 0 aliphatic rings. The molecule has 0 bridgehead atoms. The van der Waals surface area contributed by atoms with E-state index in [2.05, 4.69) is 4.98 Å². The lowest BCUT2D eigenvalue weighted by molar-refractivity contribution is 0.397. The number of aromatic nitrogens is 1. The van der Waals surface area contributed by atoms with Gasteiger partial charge in [0.25, 0.3) is 0 Å². The number of halogens is 2. The lowest BCUT2D eigenvalue weighted by Crippen LogP contribution is -1.98. The van der Waals surface area contributed by atoms with E-state index in [0.29, 0.717) is 32.4 Å². The fraction of sp³-hybridized carbons (Fsp3) is 0.357. The third kappa shape index (κ3) is 2.21. The maximum atomic E-state index is 6.47. The Labute approximate surface area is 122 Å². The molecule has 0 aliphatic heterocycles. The van der Waals surface area contributed by atoms with Gasteiger partial charge in [0.05, 0.1) is 24.3 Å². The van der Waals surface area contributed by atoms with Gasteiger partial charge in [0.15, 0.2) is 0 Å². The van der Waals surface area contributed by atoms with E-state index in [9.17, 15) is 0 Å². The van der Waals surface area contributed by atoms with E-state index < -0.39 is 0 Å². The Hall–Kier alpha value is -1.19. The zero-order chi connectivity index (χ0) is 14.2. The van der Waals surface area contributed by atoms with E-state index in [1.807, 2.05) is 13.8 Å². The molecule has 2 rings (SSSR count). The molecule has 1 heterocycles. The molecular weight excluding hydrogens is 285 g/mol. The molecule has 0 aliphatic carbocycles. The Balaban J connectivity index is 2.98. The normalized spacial score (nSPS) is 10.8. The van der Waals surface area contributed by atoms with Crippen LogP contribution >= 0.6 is 23.2 Å². The molecule has 3 nitrogen and oxygen atoms in total. The van der Waals surface area contributed by atoms with Crippen LogP contribution in [0.4, 0.5) is 0 Å². The van der Waals surface area contributed by atoms with Gasteiger partial charge in [0, 0.05) is 17.1 Å². The molecule has 1 aromatic heterocycles. The standard InChI is InChI=1S/C14H15Cl2NO2/c1-5-8-7(2)17-14-10(19-4)6-9(18-3)13(16)11(14)12(8)15/h6H,5H2,1-4H3. The summed E-state index contributed by atoms with van der Waals surface area (Å²) in [6.45, 7) is 3.97. The fourth-order valence-corrected chi connectivity index (χ4v) is 2.99. The summed E-state index contributed by atoms with van der Waals surface area (Å²) in [4.78, 5) is 4.56. The van der Waals surface area contributed by atoms with Gasteiger partial charge in [-0.3, -0.25) is 0 Å². The molecular formula is C14H15Cl2NO2. The largest absolute Gasteiger partial charge is 0.495 e. The van der Waals surface area contributed by atoms with Crippen LogP contribution in [0.15, 0.2) is 6.07 Å². The van der Waals surface area contributed by atoms with E-state index >= 15 is 0 Å². The molecule has 0 N–H and O–H groups in total. The maximum Gasteiger partial charge on any atom is 0.148 e. The molecule has 5 heteroatoms. The van der Waals surface area contributed by atoms with Crippen molar-refractivity contribution in [1.82, 2.24) is 4.98 Å². The summed E-state index contributed by atoms with van der Waals surface area (Å²) < 4.78 is 10.6. The minimum Gasteiger partial charge on any atom is -0.495 e. The van der Waals surface area contributed by atoms with Crippen molar-refractivity contribution in [3.8, 4) is 11.5 Å². The number of aryl methyl sites for hydroxylation is 1. The SMILES string of the molecule is CCc1c(C)nc2c(OC)cc(OC)c(Cl)c2c1Cl. The van der Waals surface area contributed by atoms with Gasteiger partial charge in [-0.05, 0) is 18.9 Å². The third-order valence-electron chi connectivity index (χ3n) is 3.16. The molecule has 0 amide bonds. The Morgan fingerprint density at radius 2 is 1.74 bits per heavy atom. The summed E-state index contributed by atoms with van der Waals surface area (Å²) in [6.07, 6.45) is 0.795. The summed E-state index contributed by atoms with van der Waals surface area (Å²) in [5.41, 5.74) is 2.54. The van der Waals surface area contributed by atoms with E-state index in [1.165, 1.54) is 0 Å². The van der Waals surface area contributed by atoms with Crippen LogP contribution in [-0.2, 0) is 6.42 Å². The minimum atomic E-state index is 0.463. The highest BCUT2D eigenvalue weighted by Crippen LogP contribution is 2.43. The van der Waals surface area contributed by atoms with Gasteiger partial charge in [-0.1, -0.05) is 30.1 Å². The van der Waals surface area contributed by atoms with Crippen LogP contribution in [0.1, 0.15) is 18.2 Å². The number of methoxy groups -OCH3 is 2. The van der Waals surface area contributed by atoms with Gasteiger partial charge in [0.2, 0.25) is 0 Å². The Morgan fingerprint density at radius 3 is 2.26 bits per heavy atom. The van der Waals surface area contributed by atoms with Gasteiger partial charge >= 0.3 is 0 Å². The van der Waals surface area contributed by atoms with Crippen molar-refractivity contribution in [2.24, 2.45) is 0 Å². The van der Waals surface area contributed by atoms with Crippen LogP contribution in [0, 0.1) is 6.92 Å². The molecule has 19 heavy (non-hydrogen) atoms. The summed E-state index contributed by atoms with van der Waals surface area (Å²) >= 11 is 12.8. The molecule has 1 aromatic carbocycles. The van der Waals surface area contributed by atoms with Crippen LogP contribution in [-0.4, -0.2) is 19.2 Å². The lowest BCUT2D eigenvalue weighted by Gasteiger charge is -2.15. The number of rotatable bonds is 3. The Bertz CT molecular complexity index is 641. The molecule has 0 fully saturated rings. The van der Waals surface area contributed by atoms with Crippen molar-refractivity contribution in [1.29, 1.82) is 0 Å². The number of benzene rings is 1. The molecule has 0 spiro atoms. The first kappa shape index (κ1) is 14.2. The van der Waals surface area contributed by atoms with Crippen LogP contribution in [0.25, 0.3) is 10.9 Å². The van der Waals surface area contributed by atoms with Crippen LogP contribution in [0.5, 0.6) is 11.5 Å². The quantitative estimate of drug-likeness (QED) is 0.840. The second-order valence-corrected chi connectivity index (χ2v) is 4.92. The number of pyridine rings is 1. The Kier molecular flexibility index (Phi) is 4.07. The molecule has 2 aromatic rings. The van der Waals surface area contributed by atoms with E-state index in [-0.39, 0.29) is 0 Å². The molecule has 0 saturated heterocycles. The van der Waals surface area contributed by atoms with Gasteiger partial charge in [-0.25, -0.2) is 4.98 Å². The average molecular weight is 300 g/mol. The minimum absolute atomic E-state index is 0.463. The summed E-state index contributed by atoms with van der Waals surface area (Å²) in [7, 11) is 3.14. The second-order valence-electron chi connectivity index (χ2n) is 4.16. The maximum absolute atomic E-state index is 6.47. The number of hydrogen-bond donors (Lipinski definition) is 0. The van der Waals surface area contributed by atoms with Crippen LogP contribution in [0.3, 0.4) is 0 Å². The average Bonchev–Trinajstić information content (AvgIpc) is 2.39. The summed E-state index contributed by atoms with van der Waals surface area (Å²) in [6, 6.07) is 1.72. The number of ether oxygens (including phenoxy) is 2. The molecule has 0 unspecified atom stereocenters. The zero-order valence-electron chi connectivity index (χ0n) is 11.3. The van der Waals surface area contributed by atoms with E-state index in [4.69, 9.17) is 32.7 Å². The van der Waals surface area contributed by atoms with Crippen LogP contribution in [0.2, 0.25) is 10.0 Å². The van der Waals surface area contributed by atoms with Crippen molar-refractivity contribution in [2.45, 2.75) is 20.3 Å².